The minimum Gasteiger partial charge on any atom is -0.493 e. The number of carbonyl (C=O) groups excluding carboxylic acids is 3. The van der Waals surface area contributed by atoms with Crippen molar-refractivity contribution >= 4 is 24.1 Å². The molecular weight excluding hydrogens is 594 g/mol. The Bertz CT molecular complexity index is 1710. The zero-order valence-corrected chi connectivity index (χ0v) is 25.7. The van der Waals surface area contributed by atoms with Crippen LogP contribution in [0.1, 0.15) is 42.1 Å². The van der Waals surface area contributed by atoms with Crippen LogP contribution in [0, 0.1) is 11.3 Å². The van der Waals surface area contributed by atoms with E-state index in [0.29, 0.717) is 33.9 Å². The van der Waals surface area contributed by atoms with Crippen LogP contribution in [-0.2, 0) is 20.9 Å². The lowest BCUT2D eigenvalue weighted by Crippen LogP contribution is -2.45. The Morgan fingerprint density at radius 3 is 2.46 bits per heavy atom. The van der Waals surface area contributed by atoms with Crippen LogP contribution < -0.4 is 35.0 Å². The van der Waals surface area contributed by atoms with E-state index in [9.17, 15) is 19.6 Å². The molecule has 0 aliphatic carbocycles. The van der Waals surface area contributed by atoms with E-state index in [-0.39, 0.29) is 36.9 Å². The summed E-state index contributed by atoms with van der Waals surface area (Å²) < 4.78 is 27.6. The molecule has 1 atom stereocenters. The number of nitriles is 1. The molecule has 0 spiro atoms. The summed E-state index contributed by atoms with van der Waals surface area (Å²) in [7, 11) is 2.94. The molecule has 1 aliphatic heterocycles. The third kappa shape index (κ3) is 8.11. The lowest BCUT2D eigenvalue weighted by atomic mass is 9.95. The van der Waals surface area contributed by atoms with Crippen LogP contribution in [0.25, 0.3) is 0 Å². The molecule has 0 saturated carbocycles. The first-order chi connectivity index (χ1) is 22.3. The van der Waals surface area contributed by atoms with Crippen molar-refractivity contribution in [1.29, 1.82) is 5.26 Å². The highest BCUT2D eigenvalue weighted by Crippen LogP contribution is 2.34. The maximum absolute atomic E-state index is 12.6. The summed E-state index contributed by atoms with van der Waals surface area (Å²) in [6.45, 7) is 3.31. The number of amides is 3. The van der Waals surface area contributed by atoms with Crippen LogP contribution in [-0.4, -0.2) is 51.6 Å². The number of nitrogens with one attached hydrogen (secondary N) is 3. The molecule has 46 heavy (non-hydrogen) atoms. The van der Waals surface area contributed by atoms with Gasteiger partial charge in [0.2, 0.25) is 0 Å². The van der Waals surface area contributed by atoms with E-state index in [2.05, 4.69) is 27.2 Å². The highest BCUT2D eigenvalue weighted by Gasteiger charge is 2.32. The third-order valence-corrected chi connectivity index (χ3v) is 6.76. The summed E-state index contributed by atoms with van der Waals surface area (Å²) in [5.41, 5.74) is 5.51. The van der Waals surface area contributed by atoms with Gasteiger partial charge in [-0.15, -0.1) is 0 Å². The Morgan fingerprint density at radius 1 is 1.00 bits per heavy atom. The van der Waals surface area contributed by atoms with E-state index in [1.54, 1.807) is 62.4 Å². The summed E-state index contributed by atoms with van der Waals surface area (Å²) in [6, 6.07) is 18.0. The number of urea groups is 1. The number of esters is 1. The molecule has 0 saturated heterocycles. The van der Waals surface area contributed by atoms with Gasteiger partial charge >= 0.3 is 12.0 Å². The molecule has 4 rings (SSSR count). The van der Waals surface area contributed by atoms with E-state index in [1.165, 1.54) is 20.4 Å². The molecule has 3 aromatic carbocycles. The van der Waals surface area contributed by atoms with Gasteiger partial charge in [0, 0.05) is 11.3 Å². The normalized spacial score (nSPS) is 14.1. The number of allylic oxidation sites excluding steroid dienone is 1. The van der Waals surface area contributed by atoms with Gasteiger partial charge in [-0.2, -0.15) is 10.4 Å². The number of benzene rings is 3. The van der Waals surface area contributed by atoms with Gasteiger partial charge in [0.05, 0.1) is 50.3 Å². The van der Waals surface area contributed by atoms with E-state index < -0.39 is 23.9 Å². The second kappa shape index (κ2) is 15.6. The molecule has 13 nitrogen and oxygen atoms in total. The number of methoxy groups -OCH3 is 2. The number of hydrogen-bond donors (Lipinski definition) is 3. The van der Waals surface area contributed by atoms with Crippen molar-refractivity contribution in [3.63, 3.8) is 0 Å². The second-order valence-electron chi connectivity index (χ2n) is 9.75. The largest absolute Gasteiger partial charge is 0.493 e. The minimum absolute atomic E-state index is 0.175. The highest BCUT2D eigenvalue weighted by molar-refractivity contribution is 5.95. The SMILES string of the molecule is CCOC(=O)C1=C(C)NC(=O)N[C@@H]1c1ccc(OCC(=O)N/N=C\c2ccc(OCc3ccccc3C#N)c(OC)c2)c(OC)c1. The molecule has 3 N–H and O–H groups in total. The molecular formula is C33H33N5O8. The van der Waals surface area contributed by atoms with Crippen LogP contribution >= 0.6 is 0 Å². The van der Waals surface area contributed by atoms with Crippen molar-refractivity contribution in [3.05, 3.63) is 94.2 Å². The van der Waals surface area contributed by atoms with E-state index in [1.807, 2.05) is 12.1 Å². The number of nitrogens with zero attached hydrogens (tertiary/aromatic N) is 2. The summed E-state index contributed by atoms with van der Waals surface area (Å²) in [5, 5.41) is 18.6. The van der Waals surface area contributed by atoms with Gasteiger partial charge in [0.1, 0.15) is 6.61 Å². The van der Waals surface area contributed by atoms with Gasteiger partial charge in [-0.25, -0.2) is 15.0 Å². The summed E-state index contributed by atoms with van der Waals surface area (Å²) in [4.78, 5) is 37.2. The van der Waals surface area contributed by atoms with Crippen molar-refractivity contribution in [1.82, 2.24) is 16.1 Å². The fourth-order valence-electron chi connectivity index (χ4n) is 4.56. The fourth-order valence-corrected chi connectivity index (χ4v) is 4.56. The Morgan fingerprint density at radius 2 is 1.72 bits per heavy atom. The van der Waals surface area contributed by atoms with Gasteiger partial charge in [0.15, 0.2) is 29.6 Å². The number of carbonyl (C=O) groups is 3. The van der Waals surface area contributed by atoms with Crippen molar-refractivity contribution in [2.24, 2.45) is 5.10 Å². The van der Waals surface area contributed by atoms with Crippen molar-refractivity contribution in [2.45, 2.75) is 26.5 Å². The molecule has 3 amide bonds. The van der Waals surface area contributed by atoms with Crippen LogP contribution in [0.15, 0.2) is 77.0 Å². The molecule has 0 bridgehead atoms. The van der Waals surface area contributed by atoms with E-state index >= 15 is 0 Å². The molecule has 13 heteroatoms. The van der Waals surface area contributed by atoms with Crippen molar-refractivity contribution in [2.75, 3.05) is 27.4 Å². The van der Waals surface area contributed by atoms with Crippen molar-refractivity contribution < 1.29 is 38.1 Å². The summed E-state index contributed by atoms with van der Waals surface area (Å²) in [5.74, 6) is 0.395. The van der Waals surface area contributed by atoms with Crippen LogP contribution in [0.4, 0.5) is 4.79 Å². The lowest BCUT2D eigenvalue weighted by molar-refractivity contribution is -0.139. The van der Waals surface area contributed by atoms with Crippen LogP contribution in [0.5, 0.6) is 23.0 Å². The first-order valence-electron chi connectivity index (χ1n) is 14.1. The maximum atomic E-state index is 12.6. The van der Waals surface area contributed by atoms with Gasteiger partial charge in [0.25, 0.3) is 5.91 Å². The summed E-state index contributed by atoms with van der Waals surface area (Å²) >= 11 is 0. The predicted octanol–water partition coefficient (Wildman–Crippen LogP) is 3.87. The van der Waals surface area contributed by atoms with Crippen molar-refractivity contribution in [3.8, 4) is 29.1 Å². The van der Waals surface area contributed by atoms with E-state index in [4.69, 9.17) is 23.7 Å². The topological polar surface area (TPSA) is 170 Å². The zero-order valence-electron chi connectivity index (χ0n) is 25.7. The smallest absolute Gasteiger partial charge is 0.338 e. The number of hydrazone groups is 1. The minimum atomic E-state index is -0.784. The van der Waals surface area contributed by atoms with Gasteiger partial charge in [-0.1, -0.05) is 24.3 Å². The Balaban J connectivity index is 1.35. The number of rotatable bonds is 13. The Labute approximate surface area is 265 Å². The molecule has 3 aromatic rings. The quantitative estimate of drug-likeness (QED) is 0.145. The second-order valence-corrected chi connectivity index (χ2v) is 9.75. The molecule has 0 fully saturated rings. The molecule has 238 valence electrons. The van der Waals surface area contributed by atoms with Gasteiger partial charge in [-0.3, -0.25) is 4.79 Å². The van der Waals surface area contributed by atoms with Crippen LogP contribution in [0.3, 0.4) is 0 Å². The molecule has 1 aliphatic rings. The lowest BCUT2D eigenvalue weighted by Gasteiger charge is -2.28. The monoisotopic (exact) mass is 627 g/mol. The Hall–Kier alpha value is -6.03. The van der Waals surface area contributed by atoms with E-state index in [0.717, 1.165) is 5.56 Å². The highest BCUT2D eigenvalue weighted by atomic mass is 16.5. The first kappa shape index (κ1) is 32.9. The van der Waals surface area contributed by atoms with Gasteiger partial charge in [-0.05, 0) is 61.4 Å². The first-order valence-corrected chi connectivity index (χ1v) is 14.1. The molecule has 0 radical (unpaired) electrons. The van der Waals surface area contributed by atoms with Gasteiger partial charge < -0.3 is 34.3 Å². The number of hydrogen-bond acceptors (Lipinski definition) is 10. The predicted molar refractivity (Wildman–Crippen MR) is 166 cm³/mol. The third-order valence-electron chi connectivity index (χ3n) is 6.76. The average Bonchev–Trinajstić information content (AvgIpc) is 3.06. The molecule has 0 unspecified atom stereocenters. The zero-order chi connectivity index (χ0) is 33.1. The number of ether oxygens (including phenoxy) is 5. The maximum Gasteiger partial charge on any atom is 0.338 e. The van der Waals surface area contributed by atoms with Crippen LogP contribution in [0.2, 0.25) is 0 Å². The average molecular weight is 628 g/mol. The Kier molecular flexibility index (Phi) is 11.2. The summed E-state index contributed by atoms with van der Waals surface area (Å²) in [6.07, 6.45) is 1.44. The standard InChI is InChI=1S/C33H33N5O8/c1-5-44-32(40)30-20(2)36-33(41)37-31(30)22-11-13-26(28(15-22)43-4)46-19-29(39)38-35-17-21-10-12-25(27(14-21)42-3)45-18-24-9-7-6-8-23(24)16-34/h6-15,17,31H,5,18-19H2,1-4H3,(H,38,39)(H2,36,37,41)/b35-17-/t31-/m1/s1. The molecule has 1 heterocycles. The fraction of sp³-hybridized carbons (Fsp3) is 0.242. The molecule has 0 aromatic heterocycles.